The smallest absolute Gasteiger partial charge is 0.241 e. The van der Waals surface area contributed by atoms with Crippen LogP contribution in [0, 0.1) is 13.8 Å². The zero-order valence-electron chi connectivity index (χ0n) is 12.9. The fourth-order valence-electron chi connectivity index (χ4n) is 1.92. The third kappa shape index (κ3) is 3.31. The van der Waals surface area contributed by atoms with Crippen LogP contribution in [0.4, 0.5) is 5.69 Å². The fraction of sp³-hybridized carbons (Fsp3) is 0.571. The van der Waals surface area contributed by atoms with Gasteiger partial charge in [-0.05, 0) is 64.8 Å². The number of sulfonamides is 1. The Bertz CT molecular complexity index is 591. The van der Waals surface area contributed by atoms with Crippen molar-refractivity contribution in [2.24, 2.45) is 0 Å². The van der Waals surface area contributed by atoms with Crippen LogP contribution >= 0.6 is 0 Å². The first kappa shape index (κ1) is 16.9. The summed E-state index contributed by atoms with van der Waals surface area (Å²) in [5.74, 6) is 0. The molecule has 5 nitrogen and oxygen atoms in total. The quantitative estimate of drug-likeness (QED) is 0.738. The second kappa shape index (κ2) is 5.02. The Kier molecular flexibility index (Phi) is 4.25. The molecule has 0 radical (unpaired) electrons. The van der Waals surface area contributed by atoms with Gasteiger partial charge in [0.05, 0.1) is 16.0 Å². The summed E-state index contributed by atoms with van der Waals surface area (Å²) >= 11 is 0. The average Bonchev–Trinajstić information content (AvgIpc) is 2.09. The van der Waals surface area contributed by atoms with Crippen LogP contribution in [-0.2, 0) is 10.0 Å². The topological polar surface area (TPSA) is 92.4 Å². The largest absolute Gasteiger partial charge is 0.399 e. The molecular weight excluding hydrogens is 276 g/mol. The minimum absolute atomic E-state index is 0.212. The Balaban J connectivity index is 3.34. The highest BCUT2D eigenvalue weighted by Gasteiger charge is 2.39. The highest BCUT2D eigenvalue weighted by Crippen LogP contribution is 2.27. The van der Waals surface area contributed by atoms with Crippen molar-refractivity contribution in [3.05, 3.63) is 23.3 Å². The number of rotatable bonds is 4. The number of benzene rings is 1. The van der Waals surface area contributed by atoms with Gasteiger partial charge >= 0.3 is 0 Å². The highest BCUT2D eigenvalue weighted by molar-refractivity contribution is 7.89. The Morgan fingerprint density at radius 1 is 1.10 bits per heavy atom. The Morgan fingerprint density at radius 3 is 1.85 bits per heavy atom. The van der Waals surface area contributed by atoms with Crippen molar-refractivity contribution in [2.45, 2.75) is 57.6 Å². The van der Waals surface area contributed by atoms with Gasteiger partial charge in [0.1, 0.15) is 0 Å². The van der Waals surface area contributed by atoms with E-state index in [1.807, 2.05) is 0 Å². The molecule has 0 aliphatic carbocycles. The first-order valence-corrected chi connectivity index (χ1v) is 7.89. The van der Waals surface area contributed by atoms with E-state index in [-0.39, 0.29) is 4.90 Å². The van der Waals surface area contributed by atoms with E-state index in [9.17, 15) is 13.5 Å². The first-order valence-electron chi connectivity index (χ1n) is 6.41. The van der Waals surface area contributed by atoms with Gasteiger partial charge in [0.15, 0.2) is 0 Å². The normalized spacial score (nSPS) is 13.6. The molecule has 0 spiro atoms. The van der Waals surface area contributed by atoms with E-state index in [1.54, 1.807) is 53.7 Å². The molecule has 1 rings (SSSR count). The molecule has 0 saturated carbocycles. The molecular formula is C14H24N2O3S. The van der Waals surface area contributed by atoms with Gasteiger partial charge in [-0.25, -0.2) is 13.1 Å². The summed E-state index contributed by atoms with van der Waals surface area (Å²) in [6.07, 6.45) is 0. The summed E-state index contributed by atoms with van der Waals surface area (Å²) in [7, 11) is -3.74. The number of nitrogens with one attached hydrogen (secondary N) is 1. The lowest BCUT2D eigenvalue weighted by molar-refractivity contribution is 0.00638. The van der Waals surface area contributed by atoms with E-state index in [0.717, 1.165) is 0 Å². The van der Waals surface area contributed by atoms with Crippen LogP contribution in [0.5, 0.6) is 0 Å². The molecule has 1 aromatic rings. The van der Waals surface area contributed by atoms with Gasteiger partial charge in [0, 0.05) is 5.69 Å². The lowest BCUT2D eigenvalue weighted by Gasteiger charge is -2.37. The molecule has 0 unspecified atom stereocenters. The zero-order valence-corrected chi connectivity index (χ0v) is 13.7. The average molecular weight is 300 g/mol. The molecule has 0 aliphatic heterocycles. The maximum absolute atomic E-state index is 12.6. The summed E-state index contributed by atoms with van der Waals surface area (Å²) in [6.45, 7) is 9.83. The lowest BCUT2D eigenvalue weighted by atomic mass is 9.87. The second-order valence-electron chi connectivity index (χ2n) is 6.27. The third-order valence-corrected chi connectivity index (χ3v) is 5.63. The highest BCUT2D eigenvalue weighted by atomic mass is 32.2. The van der Waals surface area contributed by atoms with Crippen molar-refractivity contribution in [2.75, 3.05) is 5.73 Å². The number of aliphatic hydroxyl groups is 1. The predicted molar refractivity (Wildman–Crippen MR) is 81.0 cm³/mol. The summed E-state index contributed by atoms with van der Waals surface area (Å²) in [6, 6.07) is 3.25. The molecule has 0 fully saturated rings. The van der Waals surface area contributed by atoms with Gasteiger partial charge < -0.3 is 10.8 Å². The minimum atomic E-state index is -3.74. The maximum atomic E-state index is 12.6. The third-order valence-electron chi connectivity index (χ3n) is 3.67. The molecule has 20 heavy (non-hydrogen) atoms. The molecule has 0 heterocycles. The van der Waals surface area contributed by atoms with E-state index >= 15 is 0 Å². The predicted octanol–water partition coefficient (Wildman–Crippen LogP) is 1.71. The Hall–Kier alpha value is -1.11. The number of aryl methyl sites for hydroxylation is 2. The number of hydrogen-bond donors (Lipinski definition) is 3. The molecule has 0 saturated heterocycles. The van der Waals surface area contributed by atoms with E-state index in [1.165, 1.54) is 0 Å². The van der Waals surface area contributed by atoms with Crippen LogP contribution in [-0.4, -0.2) is 24.7 Å². The van der Waals surface area contributed by atoms with Crippen LogP contribution in [0.15, 0.2) is 17.0 Å². The molecule has 0 amide bonds. The van der Waals surface area contributed by atoms with Crippen LogP contribution < -0.4 is 10.5 Å². The minimum Gasteiger partial charge on any atom is -0.399 e. The summed E-state index contributed by atoms with van der Waals surface area (Å²) < 4.78 is 27.7. The van der Waals surface area contributed by atoms with E-state index in [0.29, 0.717) is 16.8 Å². The van der Waals surface area contributed by atoms with Crippen LogP contribution in [0.25, 0.3) is 0 Å². The summed E-state index contributed by atoms with van der Waals surface area (Å²) in [5, 5.41) is 10.1. The SMILES string of the molecule is Cc1cc(N)cc(C)c1S(=O)(=O)NC(C)(C)C(C)(C)O. The molecule has 4 N–H and O–H groups in total. The standard InChI is InChI=1S/C14H24N2O3S/c1-9-7-11(15)8-10(2)12(9)20(18,19)16-13(3,4)14(5,6)17/h7-8,16-17H,15H2,1-6H3. The number of nitrogen functional groups attached to an aromatic ring is 1. The van der Waals surface area contributed by atoms with Crippen molar-refractivity contribution in [1.82, 2.24) is 4.72 Å². The van der Waals surface area contributed by atoms with Crippen LogP contribution in [0.3, 0.4) is 0 Å². The molecule has 0 bridgehead atoms. The lowest BCUT2D eigenvalue weighted by Crippen LogP contribution is -2.57. The van der Waals surface area contributed by atoms with Crippen molar-refractivity contribution in [3.8, 4) is 0 Å². The zero-order chi connectivity index (χ0) is 15.9. The molecule has 0 atom stereocenters. The molecule has 1 aromatic carbocycles. The van der Waals surface area contributed by atoms with Crippen LogP contribution in [0.2, 0.25) is 0 Å². The summed E-state index contributed by atoms with van der Waals surface area (Å²) in [4.78, 5) is 0.212. The van der Waals surface area contributed by atoms with Crippen LogP contribution in [0.1, 0.15) is 38.8 Å². The monoisotopic (exact) mass is 300 g/mol. The van der Waals surface area contributed by atoms with Gasteiger partial charge in [-0.15, -0.1) is 0 Å². The van der Waals surface area contributed by atoms with Gasteiger partial charge in [-0.1, -0.05) is 0 Å². The number of nitrogens with two attached hydrogens (primary N) is 1. The van der Waals surface area contributed by atoms with Crippen molar-refractivity contribution < 1.29 is 13.5 Å². The number of anilines is 1. The van der Waals surface area contributed by atoms with Gasteiger partial charge in [-0.3, -0.25) is 0 Å². The molecule has 0 aliphatic rings. The van der Waals surface area contributed by atoms with Crippen molar-refractivity contribution in [3.63, 3.8) is 0 Å². The van der Waals surface area contributed by atoms with E-state index in [2.05, 4.69) is 4.72 Å². The van der Waals surface area contributed by atoms with Gasteiger partial charge in [0.25, 0.3) is 0 Å². The molecule has 114 valence electrons. The van der Waals surface area contributed by atoms with E-state index in [4.69, 9.17) is 5.73 Å². The maximum Gasteiger partial charge on any atom is 0.241 e. The van der Waals surface area contributed by atoms with Crippen molar-refractivity contribution >= 4 is 15.7 Å². The Morgan fingerprint density at radius 2 is 1.50 bits per heavy atom. The second-order valence-corrected chi connectivity index (χ2v) is 7.89. The fourth-order valence-corrected chi connectivity index (χ4v) is 3.91. The van der Waals surface area contributed by atoms with Gasteiger partial charge in [-0.2, -0.15) is 0 Å². The van der Waals surface area contributed by atoms with E-state index < -0.39 is 21.2 Å². The Labute approximate surface area is 121 Å². The van der Waals surface area contributed by atoms with Crippen molar-refractivity contribution in [1.29, 1.82) is 0 Å². The summed E-state index contributed by atoms with van der Waals surface area (Å²) in [5.41, 5.74) is 5.20. The first-order chi connectivity index (χ1) is 8.78. The molecule has 0 aromatic heterocycles. The molecule has 6 heteroatoms. The van der Waals surface area contributed by atoms with Gasteiger partial charge in [0.2, 0.25) is 10.0 Å². The number of hydrogen-bond acceptors (Lipinski definition) is 4.